The van der Waals surface area contributed by atoms with Crippen LogP contribution < -0.4 is 4.74 Å². The number of benzene rings is 1. The lowest BCUT2D eigenvalue weighted by atomic mass is 9.86. The molecule has 2 spiro atoms. The summed E-state index contributed by atoms with van der Waals surface area (Å²) in [6.07, 6.45) is -0.136. The fraction of sp³-hybridized carbons (Fsp3) is 0.800. The summed E-state index contributed by atoms with van der Waals surface area (Å²) in [4.78, 5) is 4.56. The van der Waals surface area contributed by atoms with E-state index in [0.717, 1.165) is 55.5 Å². The van der Waals surface area contributed by atoms with Gasteiger partial charge < -0.3 is 56.8 Å². The van der Waals surface area contributed by atoms with Crippen LogP contribution in [-0.2, 0) is 63.2 Å². The summed E-state index contributed by atoms with van der Waals surface area (Å²) in [5.41, 5.74) is 1.12. The Morgan fingerprint density at radius 3 is 1.66 bits per heavy atom. The van der Waals surface area contributed by atoms with Crippen LogP contribution in [0, 0.1) is 6.92 Å². The van der Waals surface area contributed by atoms with Crippen LogP contribution in [0.1, 0.15) is 16.7 Å². The Bertz CT molecular complexity index is 1380. The Morgan fingerprint density at radius 1 is 0.682 bits per heavy atom. The standard InChI is InChI=1S/C30H34N2O12/c1-14-2-15(28-29(25(43-29)41-12-19-7-36-19)32(28)30(28)26(44-30)42-13-20-8-37-20)3-21(22(14)38-9-16-4-33-16)27-23(39-10-17-5-34-17)31(27)24(27)40-11-18-6-35-18/h2-3,16-20,23-26H,4-13H2,1H3. The molecule has 11 heterocycles. The molecule has 0 saturated carbocycles. The van der Waals surface area contributed by atoms with Gasteiger partial charge in [-0.25, -0.2) is 9.80 Å². The van der Waals surface area contributed by atoms with Gasteiger partial charge in [-0.1, -0.05) is 6.07 Å². The largest absolute Gasteiger partial charge is 0.490 e. The van der Waals surface area contributed by atoms with Gasteiger partial charge in [-0.15, -0.1) is 0 Å². The number of fused-ring (bicyclic) bond motifs is 6. The average Bonchev–Trinajstić information content (AvgIpc) is 3.83. The first-order valence-electron chi connectivity index (χ1n) is 15.9. The predicted molar refractivity (Wildman–Crippen MR) is 139 cm³/mol. The van der Waals surface area contributed by atoms with E-state index in [-0.39, 0.29) is 55.6 Å². The normalized spacial score (nSPS) is 55.7. The molecular weight excluding hydrogens is 580 g/mol. The summed E-state index contributed by atoms with van der Waals surface area (Å²) in [5, 5.41) is 0. The second-order valence-electron chi connectivity index (χ2n) is 13.9. The fourth-order valence-corrected chi connectivity index (χ4v) is 7.93. The third kappa shape index (κ3) is 3.29. The van der Waals surface area contributed by atoms with Crippen LogP contribution in [0.4, 0.5) is 0 Å². The first-order chi connectivity index (χ1) is 21.6. The molecule has 11 saturated heterocycles. The Kier molecular flexibility index (Phi) is 4.73. The predicted octanol–water partition coefficient (Wildman–Crippen LogP) is -0.759. The molecule has 236 valence electrons. The number of hydrogen-bond donors (Lipinski definition) is 0. The van der Waals surface area contributed by atoms with Gasteiger partial charge in [-0.05, 0) is 24.1 Å². The van der Waals surface area contributed by atoms with Gasteiger partial charge >= 0.3 is 0 Å². The highest BCUT2D eigenvalue weighted by molar-refractivity contribution is 5.68. The molecule has 0 aromatic heterocycles. The molecule has 0 N–H and O–H groups in total. The van der Waals surface area contributed by atoms with Gasteiger partial charge in [0.1, 0.15) is 66.4 Å². The summed E-state index contributed by atoms with van der Waals surface area (Å²) < 4.78 is 71.3. The molecule has 0 radical (unpaired) electrons. The van der Waals surface area contributed by atoms with Crippen LogP contribution in [0.15, 0.2) is 12.1 Å². The summed E-state index contributed by atoms with van der Waals surface area (Å²) in [6, 6.07) is 4.47. The van der Waals surface area contributed by atoms with Crippen molar-refractivity contribution in [1.82, 2.24) is 9.80 Å². The SMILES string of the molecule is Cc1cc(C23N(C24OC4OCC2CO2)C32OC2OCC2CO2)cc(C23C(OCC4CO4)N2C3OCC2CO2)c1OCC1CO1. The summed E-state index contributed by atoms with van der Waals surface area (Å²) in [5.74, 6) is 0.856. The summed E-state index contributed by atoms with van der Waals surface area (Å²) in [7, 11) is 0. The molecular formula is C30H34N2O12. The van der Waals surface area contributed by atoms with Gasteiger partial charge in [0.15, 0.2) is 0 Å². The molecule has 11 fully saturated rings. The van der Waals surface area contributed by atoms with Crippen LogP contribution in [0.3, 0.4) is 0 Å². The van der Waals surface area contributed by atoms with Crippen LogP contribution in [0.25, 0.3) is 0 Å². The zero-order valence-electron chi connectivity index (χ0n) is 24.2. The van der Waals surface area contributed by atoms with Gasteiger partial charge in [-0.3, -0.25) is 0 Å². The Hall–Kier alpha value is -1.50. The first kappa shape index (κ1) is 25.6. The highest BCUT2D eigenvalue weighted by atomic mass is 16.9. The monoisotopic (exact) mass is 614 g/mol. The molecule has 14 heteroatoms. The van der Waals surface area contributed by atoms with Crippen molar-refractivity contribution >= 4 is 0 Å². The fourth-order valence-electron chi connectivity index (χ4n) is 7.93. The van der Waals surface area contributed by atoms with E-state index in [1.165, 1.54) is 0 Å². The molecule has 11 aliphatic rings. The van der Waals surface area contributed by atoms with Crippen molar-refractivity contribution in [1.29, 1.82) is 0 Å². The minimum Gasteiger partial charge on any atom is -0.490 e. The summed E-state index contributed by atoms with van der Waals surface area (Å²) >= 11 is 0. The number of epoxide rings is 7. The van der Waals surface area contributed by atoms with Crippen molar-refractivity contribution < 1.29 is 56.8 Å². The van der Waals surface area contributed by atoms with Gasteiger partial charge in [-0.2, -0.15) is 0 Å². The molecule has 1 aromatic rings. The third-order valence-corrected chi connectivity index (χ3v) is 10.9. The second-order valence-corrected chi connectivity index (χ2v) is 13.9. The maximum absolute atomic E-state index is 6.51. The molecule has 11 atom stereocenters. The highest BCUT2D eigenvalue weighted by Crippen LogP contribution is 2.96. The Morgan fingerprint density at radius 2 is 1.16 bits per heavy atom. The average molecular weight is 615 g/mol. The minimum atomic E-state index is -0.563. The Labute approximate surface area is 252 Å². The lowest BCUT2D eigenvalue weighted by Gasteiger charge is -2.22. The molecule has 0 amide bonds. The zero-order valence-corrected chi connectivity index (χ0v) is 24.2. The molecule has 0 aliphatic carbocycles. The van der Waals surface area contributed by atoms with Crippen molar-refractivity contribution in [2.45, 2.75) is 85.0 Å². The molecule has 11 unspecified atom stereocenters. The summed E-state index contributed by atoms with van der Waals surface area (Å²) in [6.45, 7) is 8.47. The molecule has 14 nitrogen and oxygen atoms in total. The van der Waals surface area contributed by atoms with E-state index >= 15 is 0 Å². The van der Waals surface area contributed by atoms with E-state index < -0.39 is 22.5 Å². The van der Waals surface area contributed by atoms with Crippen molar-refractivity contribution in [3.05, 3.63) is 28.8 Å². The molecule has 1 aromatic carbocycles. The maximum Gasteiger partial charge on any atom is 0.207 e. The first-order valence-corrected chi connectivity index (χ1v) is 15.9. The second kappa shape index (κ2) is 8.13. The van der Waals surface area contributed by atoms with E-state index in [4.69, 9.17) is 56.8 Å². The molecule has 0 bridgehead atoms. The third-order valence-electron chi connectivity index (χ3n) is 10.9. The molecule has 11 aliphatic heterocycles. The number of aryl methyl sites for hydroxylation is 1. The zero-order chi connectivity index (χ0) is 28.6. The van der Waals surface area contributed by atoms with Crippen molar-refractivity contribution in [3.8, 4) is 5.75 Å². The maximum atomic E-state index is 6.51. The lowest BCUT2D eigenvalue weighted by molar-refractivity contribution is -0.0409. The van der Waals surface area contributed by atoms with Crippen LogP contribution >= 0.6 is 0 Å². The number of ether oxygens (including phenoxy) is 12. The van der Waals surface area contributed by atoms with Gasteiger partial charge in [0, 0.05) is 5.56 Å². The number of nitrogens with zero attached hydrogens (tertiary/aromatic N) is 2. The number of hydrogen-bond acceptors (Lipinski definition) is 14. The Balaban J connectivity index is 0.903. The van der Waals surface area contributed by atoms with Crippen molar-refractivity contribution in [2.75, 3.05) is 66.1 Å². The van der Waals surface area contributed by atoms with E-state index in [1.807, 2.05) is 0 Å². The smallest absolute Gasteiger partial charge is 0.207 e. The molecule has 44 heavy (non-hydrogen) atoms. The van der Waals surface area contributed by atoms with Crippen LogP contribution in [0.5, 0.6) is 5.75 Å². The topological polar surface area (TPSA) is 140 Å². The van der Waals surface area contributed by atoms with Gasteiger partial charge in [0.25, 0.3) is 0 Å². The van der Waals surface area contributed by atoms with E-state index in [0.29, 0.717) is 33.0 Å². The van der Waals surface area contributed by atoms with E-state index in [9.17, 15) is 0 Å². The lowest BCUT2D eigenvalue weighted by Crippen LogP contribution is -2.35. The quantitative estimate of drug-likeness (QED) is 0.203. The highest BCUT2D eigenvalue weighted by Gasteiger charge is 3.19. The van der Waals surface area contributed by atoms with Crippen LogP contribution in [0.2, 0.25) is 0 Å². The van der Waals surface area contributed by atoms with Gasteiger partial charge in [0.05, 0.1) is 59.5 Å². The van der Waals surface area contributed by atoms with Crippen molar-refractivity contribution in [3.63, 3.8) is 0 Å². The van der Waals surface area contributed by atoms with Crippen molar-refractivity contribution in [2.24, 2.45) is 0 Å². The number of rotatable bonds is 17. The minimum absolute atomic E-state index is 0.112. The van der Waals surface area contributed by atoms with Gasteiger partial charge in [0.2, 0.25) is 24.0 Å². The van der Waals surface area contributed by atoms with E-state index in [2.05, 4.69) is 28.9 Å². The van der Waals surface area contributed by atoms with Crippen LogP contribution in [-0.4, -0.2) is 143 Å². The molecule has 12 rings (SSSR count). The van der Waals surface area contributed by atoms with E-state index in [1.54, 1.807) is 0 Å².